The number of piperazine rings is 1. The first-order valence-electron chi connectivity index (χ1n) is 37.3. The number of imidazole rings is 5. The molecule has 0 aliphatic carbocycles. The first-order chi connectivity index (χ1) is 54.1. The second-order valence-electron chi connectivity index (χ2n) is 28.2. The molecule has 1 fully saturated rings. The van der Waals surface area contributed by atoms with E-state index in [1.54, 1.807) is 97.3 Å². The number of pyridine rings is 1. The number of alkyl halides is 1. The molecule has 2 aliphatic heterocycles. The fourth-order valence-electron chi connectivity index (χ4n) is 14.4. The molecule has 12 aromatic rings. The summed E-state index contributed by atoms with van der Waals surface area (Å²) in [4.78, 5) is 133. The van der Waals surface area contributed by atoms with Crippen LogP contribution in [0.15, 0.2) is 131 Å². The van der Waals surface area contributed by atoms with E-state index in [1.807, 2.05) is 73.0 Å². The van der Waals surface area contributed by atoms with Crippen LogP contribution in [0.3, 0.4) is 0 Å². The highest BCUT2D eigenvalue weighted by molar-refractivity contribution is 6.19. The first-order valence-corrected chi connectivity index (χ1v) is 37.8. The van der Waals surface area contributed by atoms with Gasteiger partial charge in [0.1, 0.15) is 23.5 Å². The molecule has 0 saturated carbocycles. The average molecular weight is 1540 g/mol. The van der Waals surface area contributed by atoms with Gasteiger partial charge in [-0.3, -0.25) is 42.8 Å². The van der Waals surface area contributed by atoms with E-state index in [0.717, 1.165) is 123 Å². The van der Waals surface area contributed by atoms with Crippen molar-refractivity contribution in [1.82, 2.24) is 83.6 Å². The van der Waals surface area contributed by atoms with Crippen LogP contribution in [0.5, 0.6) is 5.75 Å². The summed E-state index contributed by atoms with van der Waals surface area (Å²) in [5, 5.41) is 37.8. The minimum absolute atomic E-state index is 0.00559. The van der Waals surface area contributed by atoms with Gasteiger partial charge >= 0.3 is 0 Å². The van der Waals surface area contributed by atoms with Crippen molar-refractivity contribution < 1.29 is 43.1 Å². The zero-order chi connectivity index (χ0) is 78.9. The number of aromatic nitrogens is 10. The maximum Gasteiger partial charge on any atom is 0.294 e. The highest BCUT2D eigenvalue weighted by Crippen LogP contribution is 2.46. The molecule has 33 heteroatoms. The van der Waals surface area contributed by atoms with E-state index in [4.69, 9.17) is 16.0 Å². The van der Waals surface area contributed by atoms with Crippen LogP contribution >= 0.6 is 11.6 Å². The summed E-state index contributed by atoms with van der Waals surface area (Å²) in [6.45, 7) is 12.3. The van der Waals surface area contributed by atoms with Crippen LogP contribution in [0.25, 0.3) is 49.1 Å². The van der Waals surface area contributed by atoms with Gasteiger partial charge in [-0.25, -0.2) is 24.9 Å². The maximum absolute atomic E-state index is 13.7. The van der Waals surface area contributed by atoms with E-state index in [1.165, 1.54) is 28.6 Å². The fraction of sp³-hybridized carbons (Fsp3) is 0.354. The molecule has 1 unspecified atom stereocenters. The molecule has 7 aromatic heterocycles. The standard InChI is InChI=1S/C40H47N15O4.C39H44ClN7O6/c1-41-38(57)35-46-30(22-51(35)3)48-40(59)37-47-31(23-52(37)4)49-39(58)36-45-29(21-50(36)2)43-14-8-16-54-19-17-53(18-20-54)15-7-13-42-26-11-12-27-33-32(26)34(56)25-9-5-6-10-28(25)55(33)24-44-27;1-24-22-46(3)36(44-24)38(51)43-15-12-34(49)41-13-6-16-45(2)17-7-14-42-37(50)26-10-11-28-29(18-26)35-27(21-40)23-47(30(35)20-31(28)48)39(52)33-19-25-8-4-5-9-32(25)53-33/h5-6,9-12,21-24,42-43H,7-8,13-20H2,1-4H3,(H,41,57)(H,48,59)(H,49,58);4-5,8-11,18-20,22,27,48H,6-7,12-17,21,23H2,1-3H3,(H,41,49)(H,42,50)(H,43,51). The number of furan rings is 1. The predicted molar refractivity (Wildman–Crippen MR) is 430 cm³/mol. The first kappa shape index (κ1) is 77.9. The molecular weight excluding hydrogens is 1450 g/mol. The summed E-state index contributed by atoms with van der Waals surface area (Å²) in [6, 6.07) is 27.5. The summed E-state index contributed by atoms with van der Waals surface area (Å²) < 4.78 is 14.1. The molecule has 584 valence electrons. The van der Waals surface area contributed by atoms with E-state index < -0.39 is 11.8 Å². The number of phenols is 1. The lowest BCUT2D eigenvalue weighted by Crippen LogP contribution is -2.47. The van der Waals surface area contributed by atoms with Crippen molar-refractivity contribution in [2.75, 3.05) is 138 Å². The average Bonchev–Trinajstić information content (AvgIpc) is 1.57. The predicted octanol–water partition coefficient (Wildman–Crippen LogP) is 7.12. The number of rotatable bonds is 30. The Morgan fingerprint density at radius 3 is 1.88 bits per heavy atom. The minimum atomic E-state index is -0.556. The number of fused-ring (bicyclic) bond motifs is 6. The van der Waals surface area contributed by atoms with Gasteiger partial charge in [0.15, 0.2) is 28.6 Å². The number of hydrogen-bond donors (Lipinski definition) is 9. The van der Waals surface area contributed by atoms with Crippen molar-refractivity contribution >= 4 is 131 Å². The molecule has 0 spiro atoms. The van der Waals surface area contributed by atoms with Crippen LogP contribution in [-0.4, -0.2) is 220 Å². The van der Waals surface area contributed by atoms with E-state index in [2.05, 4.69) is 82.2 Å². The van der Waals surface area contributed by atoms with Gasteiger partial charge in [-0.2, -0.15) is 0 Å². The van der Waals surface area contributed by atoms with Crippen molar-refractivity contribution in [3.63, 3.8) is 0 Å². The molecule has 32 nitrogen and oxygen atoms in total. The van der Waals surface area contributed by atoms with E-state index in [-0.39, 0.29) is 100 Å². The molecule has 14 rings (SSSR count). The molecule has 5 aromatic carbocycles. The number of nitrogens with one attached hydrogen (secondary N) is 8. The number of halogens is 1. The van der Waals surface area contributed by atoms with Crippen molar-refractivity contribution in [3.8, 4) is 5.75 Å². The number of nitrogens with zero attached hydrogens (tertiary/aromatic N) is 14. The number of phenolic OH excluding ortho intramolecular Hbond substituents is 1. The zero-order valence-electron chi connectivity index (χ0n) is 63.5. The summed E-state index contributed by atoms with van der Waals surface area (Å²) in [5.41, 5.74) is 6.61. The summed E-state index contributed by atoms with van der Waals surface area (Å²) in [7, 11) is 10.3. The number of aromatic hydroxyl groups is 1. The summed E-state index contributed by atoms with van der Waals surface area (Å²) in [5.74, 6) is -0.538. The number of anilines is 5. The van der Waals surface area contributed by atoms with Crippen LogP contribution in [0.4, 0.5) is 28.8 Å². The number of hydrogen-bond acceptors (Lipinski definition) is 20. The van der Waals surface area contributed by atoms with Crippen molar-refractivity contribution in [1.29, 1.82) is 0 Å². The lowest BCUT2D eigenvalue weighted by molar-refractivity contribution is -0.120. The number of aryl methyl sites for hydroxylation is 5. The van der Waals surface area contributed by atoms with Gasteiger partial charge in [-0.15, -0.1) is 11.6 Å². The quantitative estimate of drug-likeness (QED) is 0.0123. The summed E-state index contributed by atoms with van der Waals surface area (Å²) >= 11 is 6.43. The van der Waals surface area contributed by atoms with Gasteiger partial charge in [-0.05, 0) is 131 Å². The van der Waals surface area contributed by atoms with Gasteiger partial charge in [0, 0.05) is 177 Å². The number of amides is 7. The Hall–Kier alpha value is -12.3. The Balaban J connectivity index is 0.000000197. The van der Waals surface area contributed by atoms with Crippen molar-refractivity contribution in [2.45, 2.75) is 44.9 Å². The van der Waals surface area contributed by atoms with Gasteiger partial charge < -0.3 is 89.9 Å². The van der Waals surface area contributed by atoms with E-state index in [0.29, 0.717) is 76.2 Å². The van der Waals surface area contributed by atoms with Gasteiger partial charge in [-0.1, -0.05) is 30.3 Å². The molecule has 1 atom stereocenters. The topological polar surface area (TPSA) is 368 Å². The fourth-order valence-corrected chi connectivity index (χ4v) is 14.7. The second kappa shape index (κ2) is 34.8. The Morgan fingerprint density at radius 2 is 1.22 bits per heavy atom. The monoisotopic (exact) mass is 1540 g/mol. The molecule has 9 N–H and O–H groups in total. The van der Waals surface area contributed by atoms with Crippen molar-refractivity contribution in [3.05, 3.63) is 178 Å². The van der Waals surface area contributed by atoms with Gasteiger partial charge in [0.05, 0.1) is 33.3 Å². The highest BCUT2D eigenvalue weighted by atomic mass is 35.5. The van der Waals surface area contributed by atoms with Gasteiger partial charge in [0.25, 0.3) is 35.4 Å². The Labute approximate surface area is 649 Å². The van der Waals surface area contributed by atoms with E-state index >= 15 is 0 Å². The van der Waals surface area contributed by atoms with Crippen LogP contribution in [-0.2, 0) is 33.0 Å². The summed E-state index contributed by atoms with van der Waals surface area (Å²) in [6.07, 6.45) is 11.9. The van der Waals surface area contributed by atoms with Crippen LogP contribution < -0.4 is 52.9 Å². The van der Waals surface area contributed by atoms with Crippen molar-refractivity contribution in [2.24, 2.45) is 28.2 Å². The maximum atomic E-state index is 13.7. The smallest absolute Gasteiger partial charge is 0.294 e. The third-order valence-corrected chi connectivity index (χ3v) is 20.5. The highest BCUT2D eigenvalue weighted by Gasteiger charge is 2.37. The molecule has 7 amide bonds. The Bertz CT molecular complexity index is 5520. The number of carbonyl (C=O) groups excluding carboxylic acids is 7. The number of para-hydroxylation sites is 2. The molecule has 0 bridgehead atoms. The molecule has 112 heavy (non-hydrogen) atoms. The lowest BCUT2D eigenvalue weighted by atomic mass is 9.94. The normalized spacial score (nSPS) is 13.8. The molecule has 9 heterocycles. The zero-order valence-corrected chi connectivity index (χ0v) is 64.3. The van der Waals surface area contributed by atoms with Gasteiger partial charge in [0.2, 0.25) is 23.4 Å². The second-order valence-corrected chi connectivity index (χ2v) is 28.5. The van der Waals surface area contributed by atoms with Crippen LogP contribution in [0.2, 0.25) is 0 Å². The third kappa shape index (κ3) is 17.5. The number of benzene rings is 5. The van der Waals surface area contributed by atoms with Crippen LogP contribution in [0.1, 0.15) is 113 Å². The Morgan fingerprint density at radius 1 is 0.616 bits per heavy atom. The molecule has 0 radical (unpaired) electrons. The number of carbonyl (C=O) groups is 7. The molecular formula is C79H91ClN22O10. The minimum Gasteiger partial charge on any atom is -0.507 e. The largest absolute Gasteiger partial charge is 0.507 e. The van der Waals surface area contributed by atoms with E-state index in [9.17, 15) is 43.5 Å². The SMILES string of the molecule is CNC(=O)c1nc(NC(=O)c2nc(NC(=O)c3nc(NCCCN4CCN(CCCNc5ccc6ncn7c8ccccc8c(=O)c5c67)CC4)cn3C)cn2C)cn1C.Cc1cn(C)c(C(=O)NCCC(=O)NCCCN(C)CCCNC(=O)c2ccc3c(O)cc4c(c3c2)C(CCl)CN4C(=O)c2cc3ccccc3o2)n1. The van der Waals surface area contributed by atoms with Crippen LogP contribution in [0, 0.1) is 6.92 Å². The Kier molecular flexibility index (Phi) is 24.2. The molecule has 1 saturated heterocycles. The third-order valence-electron chi connectivity index (χ3n) is 20.1. The molecule has 2 aliphatic rings. The lowest BCUT2D eigenvalue weighted by Gasteiger charge is -2.34.